The first-order valence-electron chi connectivity index (χ1n) is 4.51. The van der Waals surface area contributed by atoms with E-state index in [1.165, 1.54) is 0 Å². The van der Waals surface area contributed by atoms with Crippen LogP contribution in [0.4, 0.5) is 0 Å². The van der Waals surface area contributed by atoms with E-state index in [2.05, 4.69) is 6.58 Å². The first-order chi connectivity index (χ1) is 6.81. The zero-order chi connectivity index (χ0) is 9.97. The summed E-state index contributed by atoms with van der Waals surface area (Å²) in [5.74, 6) is 0. The summed E-state index contributed by atoms with van der Waals surface area (Å²) < 4.78 is 2.00. The highest BCUT2D eigenvalue weighted by Gasteiger charge is 2.03. The van der Waals surface area contributed by atoms with Crippen molar-refractivity contribution in [3.05, 3.63) is 59.4 Å². The quantitative estimate of drug-likeness (QED) is 0.657. The fourth-order valence-corrected chi connectivity index (χ4v) is 1.54. The van der Waals surface area contributed by atoms with E-state index >= 15 is 0 Å². The van der Waals surface area contributed by atoms with Gasteiger partial charge < -0.3 is 4.57 Å². The summed E-state index contributed by atoms with van der Waals surface area (Å²) >= 11 is 0. The summed E-state index contributed by atoms with van der Waals surface area (Å²) in [6.45, 7) is 4.41. The van der Waals surface area contributed by atoms with Crippen molar-refractivity contribution in [1.29, 1.82) is 0 Å². The van der Waals surface area contributed by atoms with Crippen LogP contribution >= 0.6 is 0 Å². The number of nitrogens with zero attached hydrogens (tertiary/aromatic N) is 1. The molecule has 0 fully saturated rings. The molecule has 0 saturated heterocycles. The average molecular weight is 185 g/mol. The predicted molar refractivity (Wildman–Crippen MR) is 57.5 cm³/mol. The highest BCUT2D eigenvalue weighted by molar-refractivity contribution is 5.60. The number of hydrogen-bond acceptors (Lipinski definition) is 1. The van der Waals surface area contributed by atoms with Gasteiger partial charge in [-0.25, -0.2) is 0 Å². The fraction of sp³-hybridized carbons (Fsp3) is 0.0833. The van der Waals surface area contributed by atoms with Crippen LogP contribution in [0.3, 0.4) is 0 Å². The molecular weight excluding hydrogens is 174 g/mol. The highest BCUT2D eigenvalue weighted by Crippen LogP contribution is 2.18. The molecule has 0 N–H and O–H groups in total. The average Bonchev–Trinajstić information content (AvgIpc) is 2.19. The molecule has 2 aliphatic rings. The van der Waals surface area contributed by atoms with Gasteiger partial charge in [-0.2, -0.15) is 0 Å². The highest BCUT2D eigenvalue weighted by atomic mass is 16.1. The maximum absolute atomic E-state index is 11.2. The zero-order valence-corrected chi connectivity index (χ0v) is 7.81. The lowest BCUT2D eigenvalue weighted by atomic mass is 10.1. The van der Waals surface area contributed by atoms with Gasteiger partial charge in [0.1, 0.15) is 0 Å². The number of aromatic nitrogens is 1. The van der Waals surface area contributed by atoms with Crippen molar-refractivity contribution in [3.63, 3.8) is 0 Å². The first kappa shape index (κ1) is 8.75. The van der Waals surface area contributed by atoms with Gasteiger partial charge in [0.25, 0.3) is 0 Å². The molecule has 0 unspecified atom stereocenters. The van der Waals surface area contributed by atoms with Crippen LogP contribution in [0.5, 0.6) is 0 Å². The molecule has 2 nitrogen and oxygen atoms in total. The van der Waals surface area contributed by atoms with Gasteiger partial charge in [-0.15, -0.1) is 6.58 Å². The van der Waals surface area contributed by atoms with Crippen molar-refractivity contribution in [2.75, 3.05) is 0 Å². The maximum Gasteiger partial charge on any atom is 0.180 e. The van der Waals surface area contributed by atoms with Gasteiger partial charge in [0.15, 0.2) is 5.43 Å². The number of pyridine rings is 1. The molecule has 0 bridgehead atoms. The van der Waals surface area contributed by atoms with E-state index < -0.39 is 0 Å². The molecule has 2 heteroatoms. The van der Waals surface area contributed by atoms with E-state index in [0.29, 0.717) is 0 Å². The largest absolute Gasteiger partial charge is 0.344 e. The molecule has 1 aliphatic heterocycles. The molecule has 1 heterocycles. The Hall–Kier alpha value is -1.83. The topological polar surface area (TPSA) is 22.0 Å². The van der Waals surface area contributed by atoms with Gasteiger partial charge in [-0.3, -0.25) is 4.79 Å². The van der Waals surface area contributed by atoms with Crippen LogP contribution in [0.2, 0.25) is 0 Å². The molecule has 0 amide bonds. The molecule has 0 aromatic rings. The van der Waals surface area contributed by atoms with Crippen molar-refractivity contribution in [2.45, 2.75) is 6.54 Å². The molecule has 2 rings (SSSR count). The smallest absolute Gasteiger partial charge is 0.180 e. The molecule has 0 aromatic carbocycles. The van der Waals surface area contributed by atoms with Crippen molar-refractivity contribution in [2.24, 2.45) is 0 Å². The molecule has 1 aliphatic carbocycles. The molecule has 70 valence electrons. The molecule has 0 radical (unpaired) electrons. The van der Waals surface area contributed by atoms with E-state index in [4.69, 9.17) is 0 Å². The number of allylic oxidation sites excluding steroid dienone is 1. The SMILES string of the molecule is C=CCn1cccc2ccc(=O)cc1-2. The fourth-order valence-electron chi connectivity index (χ4n) is 1.54. The van der Waals surface area contributed by atoms with Crippen LogP contribution < -0.4 is 5.43 Å². The number of fused-ring (bicyclic) bond motifs is 1. The van der Waals surface area contributed by atoms with E-state index in [9.17, 15) is 4.79 Å². The van der Waals surface area contributed by atoms with Crippen molar-refractivity contribution >= 4 is 0 Å². The Balaban J connectivity index is 2.69. The van der Waals surface area contributed by atoms with E-state index in [0.717, 1.165) is 17.8 Å². The first-order valence-corrected chi connectivity index (χ1v) is 4.51. The van der Waals surface area contributed by atoms with Crippen LogP contribution in [0.15, 0.2) is 54.0 Å². The number of rotatable bonds is 2. The van der Waals surface area contributed by atoms with Gasteiger partial charge in [0, 0.05) is 18.8 Å². The minimum absolute atomic E-state index is 0.0431. The van der Waals surface area contributed by atoms with Crippen LogP contribution in [-0.4, -0.2) is 4.57 Å². The normalized spacial score (nSPS) is 10.3. The lowest BCUT2D eigenvalue weighted by Crippen LogP contribution is -2.06. The third-order valence-corrected chi connectivity index (χ3v) is 2.18. The lowest BCUT2D eigenvalue weighted by Gasteiger charge is -2.12. The summed E-state index contributed by atoms with van der Waals surface area (Å²) in [6, 6.07) is 9.04. The van der Waals surface area contributed by atoms with Crippen LogP contribution in [0.25, 0.3) is 11.3 Å². The Labute approximate surface area is 82.5 Å². The van der Waals surface area contributed by atoms with E-state index in [1.54, 1.807) is 12.1 Å². The Morgan fingerprint density at radius 3 is 3.00 bits per heavy atom. The molecular formula is C12H11NO. The lowest BCUT2D eigenvalue weighted by molar-refractivity contribution is 0.822. The third kappa shape index (κ3) is 1.46. The second kappa shape index (κ2) is 3.50. The predicted octanol–water partition coefficient (Wildman–Crippen LogP) is 2.14. The van der Waals surface area contributed by atoms with E-state index in [-0.39, 0.29) is 5.43 Å². The molecule has 14 heavy (non-hydrogen) atoms. The van der Waals surface area contributed by atoms with Gasteiger partial charge in [-0.1, -0.05) is 12.1 Å². The summed E-state index contributed by atoms with van der Waals surface area (Å²) in [5.41, 5.74) is 2.08. The van der Waals surface area contributed by atoms with Crippen LogP contribution in [0, 0.1) is 0 Å². The second-order valence-corrected chi connectivity index (χ2v) is 3.17. The van der Waals surface area contributed by atoms with Gasteiger partial charge in [-0.05, 0) is 23.8 Å². The monoisotopic (exact) mass is 185 g/mol. The Morgan fingerprint density at radius 2 is 2.21 bits per heavy atom. The maximum atomic E-state index is 11.2. The minimum Gasteiger partial charge on any atom is -0.344 e. The summed E-state index contributed by atoms with van der Waals surface area (Å²) in [7, 11) is 0. The Morgan fingerprint density at radius 1 is 1.36 bits per heavy atom. The molecule has 0 aromatic heterocycles. The van der Waals surface area contributed by atoms with Gasteiger partial charge in [0.05, 0.1) is 5.69 Å². The molecule has 0 spiro atoms. The summed E-state index contributed by atoms with van der Waals surface area (Å²) in [4.78, 5) is 11.2. The number of benzene rings is 1. The molecule has 0 saturated carbocycles. The third-order valence-electron chi connectivity index (χ3n) is 2.18. The van der Waals surface area contributed by atoms with Crippen LogP contribution in [0.1, 0.15) is 0 Å². The van der Waals surface area contributed by atoms with Gasteiger partial charge in [0.2, 0.25) is 0 Å². The van der Waals surface area contributed by atoms with Crippen molar-refractivity contribution in [1.82, 2.24) is 4.57 Å². The standard InChI is InChI=1S/C12H11NO/c1-2-7-13-8-3-4-10-5-6-11(14)9-12(10)13/h2-6,8-9H,1,7H2. The molecule has 0 atom stereocenters. The number of hydrogen-bond donors (Lipinski definition) is 0. The summed E-state index contributed by atoms with van der Waals surface area (Å²) in [6.07, 6.45) is 3.76. The van der Waals surface area contributed by atoms with Crippen molar-refractivity contribution < 1.29 is 0 Å². The zero-order valence-electron chi connectivity index (χ0n) is 7.81. The Bertz CT molecular complexity index is 484. The second-order valence-electron chi connectivity index (χ2n) is 3.17. The Kier molecular flexibility index (Phi) is 2.19. The van der Waals surface area contributed by atoms with Crippen LogP contribution in [-0.2, 0) is 6.54 Å². The minimum atomic E-state index is 0.0431. The summed E-state index contributed by atoms with van der Waals surface area (Å²) in [5, 5.41) is 0. The van der Waals surface area contributed by atoms with E-state index in [1.807, 2.05) is 35.0 Å². The van der Waals surface area contributed by atoms with Gasteiger partial charge >= 0.3 is 0 Å². The van der Waals surface area contributed by atoms with Crippen molar-refractivity contribution in [3.8, 4) is 11.3 Å².